The third kappa shape index (κ3) is 1.19. The van der Waals surface area contributed by atoms with E-state index in [2.05, 4.69) is 5.32 Å². The molecule has 2 atom stereocenters. The highest BCUT2D eigenvalue weighted by Crippen LogP contribution is 2.04. The van der Waals surface area contributed by atoms with Gasteiger partial charge in [-0.05, 0) is 0 Å². The largest absolute Gasteiger partial charge is 0.347 e. The van der Waals surface area contributed by atoms with Gasteiger partial charge in [-0.2, -0.15) is 0 Å². The van der Waals surface area contributed by atoms with E-state index in [0.29, 0.717) is 0 Å². The Hall–Kier alpha value is -1.10. The molecule has 1 fully saturated rings. The van der Waals surface area contributed by atoms with Crippen molar-refractivity contribution in [3.05, 3.63) is 0 Å². The SMILES string of the molecule is CN(C)C(=O)[C@H]1NC(=O)[C@H]1N. The number of likely N-dealkylation sites (N-methyl/N-ethyl adjacent to an activating group) is 1. The summed E-state index contributed by atoms with van der Waals surface area (Å²) in [7, 11) is 3.25. The summed E-state index contributed by atoms with van der Waals surface area (Å²) in [6.07, 6.45) is 0. The van der Waals surface area contributed by atoms with E-state index in [-0.39, 0.29) is 11.8 Å². The van der Waals surface area contributed by atoms with Crippen molar-refractivity contribution in [1.82, 2.24) is 10.2 Å². The summed E-state index contributed by atoms with van der Waals surface area (Å²) < 4.78 is 0. The van der Waals surface area contributed by atoms with Crippen molar-refractivity contribution >= 4 is 11.8 Å². The number of nitrogens with one attached hydrogen (secondary N) is 1. The fraction of sp³-hybridized carbons (Fsp3) is 0.667. The Morgan fingerprint density at radius 1 is 1.64 bits per heavy atom. The maximum Gasteiger partial charge on any atom is 0.246 e. The summed E-state index contributed by atoms with van der Waals surface area (Å²) in [6.45, 7) is 0. The summed E-state index contributed by atoms with van der Waals surface area (Å²) in [4.78, 5) is 23.1. The molecule has 1 rings (SSSR count). The lowest BCUT2D eigenvalue weighted by Gasteiger charge is -2.34. The van der Waals surface area contributed by atoms with Crippen LogP contribution >= 0.6 is 0 Å². The van der Waals surface area contributed by atoms with E-state index in [4.69, 9.17) is 5.73 Å². The number of amides is 2. The van der Waals surface area contributed by atoms with Gasteiger partial charge in [0.15, 0.2) is 0 Å². The van der Waals surface area contributed by atoms with Crippen LogP contribution in [-0.4, -0.2) is 42.9 Å². The molecule has 1 aliphatic rings. The van der Waals surface area contributed by atoms with Crippen LogP contribution < -0.4 is 11.1 Å². The average molecular weight is 157 g/mol. The molecule has 1 heterocycles. The Morgan fingerprint density at radius 2 is 2.18 bits per heavy atom. The monoisotopic (exact) mass is 157 g/mol. The number of hydrogen-bond acceptors (Lipinski definition) is 3. The van der Waals surface area contributed by atoms with Gasteiger partial charge in [-0.15, -0.1) is 0 Å². The Morgan fingerprint density at radius 3 is 2.45 bits per heavy atom. The minimum Gasteiger partial charge on any atom is -0.347 e. The molecular weight excluding hydrogens is 146 g/mol. The van der Waals surface area contributed by atoms with Crippen LogP contribution in [0.3, 0.4) is 0 Å². The zero-order valence-corrected chi connectivity index (χ0v) is 6.50. The van der Waals surface area contributed by atoms with E-state index in [0.717, 1.165) is 0 Å². The smallest absolute Gasteiger partial charge is 0.246 e. The normalized spacial score (nSPS) is 28.8. The predicted molar refractivity (Wildman–Crippen MR) is 38.6 cm³/mol. The van der Waals surface area contributed by atoms with Crippen molar-refractivity contribution in [2.45, 2.75) is 12.1 Å². The van der Waals surface area contributed by atoms with Crippen molar-refractivity contribution in [2.24, 2.45) is 5.73 Å². The first-order valence-corrected chi connectivity index (χ1v) is 3.31. The first-order valence-electron chi connectivity index (χ1n) is 3.31. The quantitative estimate of drug-likeness (QED) is 0.428. The second kappa shape index (κ2) is 2.50. The van der Waals surface area contributed by atoms with E-state index < -0.39 is 12.1 Å². The van der Waals surface area contributed by atoms with Crippen LogP contribution in [0.5, 0.6) is 0 Å². The highest BCUT2D eigenvalue weighted by atomic mass is 16.2. The van der Waals surface area contributed by atoms with Crippen molar-refractivity contribution in [3.63, 3.8) is 0 Å². The maximum atomic E-state index is 11.1. The van der Waals surface area contributed by atoms with Gasteiger partial charge in [0.05, 0.1) is 0 Å². The molecule has 2 amide bonds. The van der Waals surface area contributed by atoms with Crippen LogP contribution in [0, 0.1) is 0 Å². The van der Waals surface area contributed by atoms with Gasteiger partial charge in [0, 0.05) is 14.1 Å². The van der Waals surface area contributed by atoms with Gasteiger partial charge in [0.2, 0.25) is 11.8 Å². The number of β-lactam (4-membered cyclic amide) rings is 1. The Kier molecular flexibility index (Phi) is 1.82. The third-order valence-corrected chi connectivity index (χ3v) is 1.67. The van der Waals surface area contributed by atoms with Crippen molar-refractivity contribution in [2.75, 3.05) is 14.1 Å². The minimum atomic E-state index is -0.662. The molecule has 3 N–H and O–H groups in total. The van der Waals surface area contributed by atoms with E-state index in [1.807, 2.05) is 0 Å². The molecule has 0 aromatic carbocycles. The van der Waals surface area contributed by atoms with Crippen LogP contribution in [0.2, 0.25) is 0 Å². The molecular formula is C6H11N3O2. The molecule has 1 saturated heterocycles. The second-order valence-electron chi connectivity index (χ2n) is 2.74. The molecule has 11 heavy (non-hydrogen) atoms. The minimum absolute atomic E-state index is 0.155. The molecule has 0 spiro atoms. The predicted octanol–water partition coefficient (Wildman–Crippen LogP) is -2.10. The Labute approximate surface area is 64.5 Å². The zero-order valence-electron chi connectivity index (χ0n) is 6.50. The Bertz CT molecular complexity index is 202. The number of nitrogens with zero attached hydrogens (tertiary/aromatic N) is 1. The van der Waals surface area contributed by atoms with E-state index in [1.165, 1.54) is 4.90 Å². The van der Waals surface area contributed by atoms with Crippen LogP contribution in [0.25, 0.3) is 0 Å². The Balaban J connectivity index is 2.52. The summed E-state index contributed by atoms with van der Waals surface area (Å²) in [6, 6.07) is -1.18. The molecule has 0 aliphatic carbocycles. The van der Waals surface area contributed by atoms with Crippen LogP contribution in [0.4, 0.5) is 0 Å². The molecule has 0 saturated carbocycles. The molecule has 0 radical (unpaired) electrons. The van der Waals surface area contributed by atoms with Crippen LogP contribution in [-0.2, 0) is 9.59 Å². The summed E-state index contributed by atoms with van der Waals surface area (Å²) in [5.41, 5.74) is 5.35. The first-order chi connectivity index (χ1) is 5.04. The van der Waals surface area contributed by atoms with Crippen LogP contribution in [0.15, 0.2) is 0 Å². The first kappa shape index (κ1) is 8.00. The lowest BCUT2D eigenvalue weighted by Crippen LogP contribution is -2.71. The second-order valence-corrected chi connectivity index (χ2v) is 2.74. The molecule has 0 aromatic heterocycles. The molecule has 0 unspecified atom stereocenters. The highest BCUT2D eigenvalue weighted by molar-refractivity contribution is 6.01. The van der Waals surface area contributed by atoms with Gasteiger partial charge in [0.25, 0.3) is 0 Å². The fourth-order valence-electron chi connectivity index (χ4n) is 0.888. The molecule has 62 valence electrons. The lowest BCUT2D eigenvalue weighted by molar-refractivity contribution is -0.143. The summed E-state index contributed by atoms with van der Waals surface area (Å²) >= 11 is 0. The van der Waals surface area contributed by atoms with Gasteiger partial charge in [0.1, 0.15) is 12.1 Å². The fourth-order valence-corrected chi connectivity index (χ4v) is 0.888. The van der Waals surface area contributed by atoms with Crippen molar-refractivity contribution < 1.29 is 9.59 Å². The standard InChI is InChI=1S/C6H11N3O2/c1-9(2)6(11)4-3(7)5(10)8-4/h3-4H,7H2,1-2H3,(H,8,10)/t3-,4-/m0/s1. The third-order valence-electron chi connectivity index (χ3n) is 1.67. The van der Waals surface area contributed by atoms with E-state index in [1.54, 1.807) is 14.1 Å². The molecule has 0 bridgehead atoms. The van der Waals surface area contributed by atoms with Crippen molar-refractivity contribution in [3.8, 4) is 0 Å². The van der Waals surface area contributed by atoms with Crippen molar-refractivity contribution in [1.29, 1.82) is 0 Å². The topological polar surface area (TPSA) is 75.4 Å². The summed E-state index contributed by atoms with van der Waals surface area (Å²) in [5.74, 6) is -0.415. The molecule has 1 aliphatic heterocycles. The number of nitrogens with two attached hydrogens (primary N) is 1. The number of rotatable bonds is 1. The van der Waals surface area contributed by atoms with E-state index >= 15 is 0 Å². The van der Waals surface area contributed by atoms with Gasteiger partial charge in [-0.1, -0.05) is 0 Å². The van der Waals surface area contributed by atoms with Gasteiger partial charge in [-0.25, -0.2) is 0 Å². The number of carbonyl (C=O) groups is 2. The molecule has 0 aromatic rings. The average Bonchev–Trinajstić information content (AvgIpc) is 1.98. The van der Waals surface area contributed by atoms with Gasteiger partial charge in [-0.3, -0.25) is 9.59 Å². The summed E-state index contributed by atoms with van der Waals surface area (Å²) in [5, 5.41) is 2.42. The van der Waals surface area contributed by atoms with Gasteiger partial charge < -0.3 is 16.0 Å². The van der Waals surface area contributed by atoms with Gasteiger partial charge >= 0.3 is 0 Å². The maximum absolute atomic E-state index is 11.1. The van der Waals surface area contributed by atoms with E-state index in [9.17, 15) is 9.59 Å². The highest BCUT2D eigenvalue weighted by Gasteiger charge is 2.41. The number of carbonyl (C=O) groups excluding carboxylic acids is 2. The molecule has 5 nitrogen and oxygen atoms in total. The molecule has 5 heteroatoms. The lowest BCUT2D eigenvalue weighted by atomic mass is 9.99. The zero-order chi connectivity index (χ0) is 8.59. The van der Waals surface area contributed by atoms with Crippen LogP contribution in [0.1, 0.15) is 0 Å². The number of hydrogen-bond donors (Lipinski definition) is 2.